The molecule has 1 aromatic carbocycles. The summed E-state index contributed by atoms with van der Waals surface area (Å²) in [6, 6.07) is 6.85. The molecule has 2 aliphatic carbocycles. The third-order valence-electron chi connectivity index (χ3n) is 6.72. The summed E-state index contributed by atoms with van der Waals surface area (Å²) in [5, 5.41) is 17.2. The maximum atomic E-state index is 11.3. The average molecular weight is 421 g/mol. The molecule has 3 atom stereocenters. The summed E-state index contributed by atoms with van der Waals surface area (Å²) in [7, 11) is 2.30. The molecule has 1 saturated heterocycles. The summed E-state index contributed by atoms with van der Waals surface area (Å²) in [6.07, 6.45) is 1.91. The summed E-state index contributed by atoms with van der Waals surface area (Å²) in [6.45, 7) is 1.22. The fourth-order valence-corrected chi connectivity index (χ4v) is 5.31. The Hall–Kier alpha value is -1.90. The van der Waals surface area contributed by atoms with Crippen molar-refractivity contribution in [3.63, 3.8) is 0 Å². The molecule has 2 fully saturated rings. The number of carboxylic acid groups (broad SMARTS) is 1. The van der Waals surface area contributed by atoms with Crippen LogP contribution in [-0.2, 0) is 16.6 Å². The lowest BCUT2D eigenvalue weighted by Gasteiger charge is -2.58. The molecular weight excluding hydrogens is 397 g/mol. The molecule has 0 spiro atoms. The SMILES string of the molecule is CN1CC[C@]23CCCC[C@H]2[C@H]1Cc1ccc(O)cc13.O=C(O)C(F)(F)C(F)(F)F. The number of aromatic hydroxyl groups is 1. The Bertz CT molecular complexity index is 782. The van der Waals surface area contributed by atoms with Crippen molar-refractivity contribution >= 4 is 5.97 Å². The van der Waals surface area contributed by atoms with Crippen molar-refractivity contribution in [2.45, 2.75) is 62.1 Å². The van der Waals surface area contributed by atoms with Crippen LogP contribution in [0.5, 0.6) is 5.75 Å². The smallest absolute Gasteiger partial charge is 0.465 e. The van der Waals surface area contributed by atoms with E-state index in [1.165, 1.54) is 56.2 Å². The zero-order valence-corrected chi connectivity index (χ0v) is 16.0. The van der Waals surface area contributed by atoms with Gasteiger partial charge in [0.25, 0.3) is 0 Å². The molecule has 4 rings (SSSR count). The normalized spacial score (nSPS) is 29.2. The lowest BCUT2D eigenvalue weighted by molar-refractivity contribution is -0.277. The second kappa shape index (κ2) is 7.41. The Morgan fingerprint density at radius 2 is 1.86 bits per heavy atom. The molecule has 29 heavy (non-hydrogen) atoms. The first-order valence-electron chi connectivity index (χ1n) is 9.61. The predicted molar refractivity (Wildman–Crippen MR) is 95.1 cm³/mol. The summed E-state index contributed by atoms with van der Waals surface area (Å²) >= 11 is 0. The molecule has 1 saturated carbocycles. The lowest BCUT2D eigenvalue weighted by atomic mass is 9.52. The molecule has 4 nitrogen and oxygen atoms in total. The number of hydrogen-bond acceptors (Lipinski definition) is 3. The van der Waals surface area contributed by atoms with Crippen LogP contribution in [0.4, 0.5) is 22.0 Å². The standard InChI is InChI=1S/C17H23NO.C3HF5O2/c1-18-9-8-17-7-3-2-4-14(17)16(18)10-12-5-6-13(19)11-15(12)17;4-2(5,1(9)10)3(6,7)8/h5-6,11,14,16,19H,2-4,7-10H2,1H3;(H,9,10)/t14-,16+,17+;/m0./s1. The van der Waals surface area contributed by atoms with E-state index in [1.54, 1.807) is 0 Å². The van der Waals surface area contributed by atoms with Crippen molar-refractivity contribution in [2.75, 3.05) is 13.6 Å². The molecule has 0 radical (unpaired) electrons. The number of rotatable bonds is 1. The van der Waals surface area contributed by atoms with Gasteiger partial charge in [-0.2, -0.15) is 22.0 Å². The van der Waals surface area contributed by atoms with Gasteiger partial charge in [-0.25, -0.2) is 4.79 Å². The van der Waals surface area contributed by atoms with Crippen LogP contribution in [0.3, 0.4) is 0 Å². The third kappa shape index (κ3) is 3.69. The van der Waals surface area contributed by atoms with Gasteiger partial charge in [0.2, 0.25) is 0 Å². The van der Waals surface area contributed by atoms with Crippen LogP contribution in [0, 0.1) is 5.92 Å². The highest BCUT2D eigenvalue weighted by atomic mass is 19.4. The van der Waals surface area contributed by atoms with Gasteiger partial charge >= 0.3 is 18.1 Å². The van der Waals surface area contributed by atoms with Gasteiger partial charge in [0, 0.05) is 11.5 Å². The number of benzene rings is 1. The highest BCUT2D eigenvalue weighted by Crippen LogP contribution is 2.55. The Kier molecular flexibility index (Phi) is 5.57. The molecule has 9 heteroatoms. The molecular formula is C20H24F5NO3. The summed E-state index contributed by atoms with van der Waals surface area (Å²) in [5.41, 5.74) is 3.36. The minimum atomic E-state index is -6.02. The van der Waals surface area contributed by atoms with E-state index in [-0.39, 0.29) is 0 Å². The summed E-state index contributed by atoms with van der Waals surface area (Å²) < 4.78 is 55.5. The largest absolute Gasteiger partial charge is 0.508 e. The number of carbonyl (C=O) groups is 1. The van der Waals surface area contributed by atoms with Crippen molar-refractivity contribution < 1.29 is 37.0 Å². The number of fused-ring (bicyclic) bond motifs is 1. The molecule has 0 unspecified atom stereocenters. The zero-order chi connectivity index (χ0) is 21.6. The average Bonchev–Trinajstić information content (AvgIpc) is 2.64. The highest BCUT2D eigenvalue weighted by Gasteiger charge is 2.64. The van der Waals surface area contributed by atoms with E-state index in [4.69, 9.17) is 5.11 Å². The first-order valence-corrected chi connectivity index (χ1v) is 9.61. The topological polar surface area (TPSA) is 60.8 Å². The van der Waals surface area contributed by atoms with Crippen molar-refractivity contribution in [1.29, 1.82) is 0 Å². The second-order valence-corrected chi connectivity index (χ2v) is 8.23. The number of likely N-dealkylation sites (N-methyl/N-ethyl adjacent to an activating group) is 1. The van der Waals surface area contributed by atoms with E-state index in [1.807, 2.05) is 6.07 Å². The van der Waals surface area contributed by atoms with Crippen LogP contribution >= 0.6 is 0 Å². The number of likely N-dealkylation sites (tertiary alicyclic amines) is 1. The number of nitrogens with zero attached hydrogens (tertiary/aromatic N) is 1. The first kappa shape index (κ1) is 21.8. The number of carboxylic acids is 1. The van der Waals surface area contributed by atoms with Crippen LogP contribution in [0.1, 0.15) is 43.2 Å². The number of aliphatic carboxylic acids is 1. The minimum absolute atomic E-state index is 0.377. The number of piperidine rings is 1. The number of hydrogen-bond donors (Lipinski definition) is 2. The number of halogens is 5. The van der Waals surface area contributed by atoms with Crippen LogP contribution in [-0.4, -0.2) is 52.8 Å². The number of alkyl halides is 5. The van der Waals surface area contributed by atoms with E-state index in [2.05, 4.69) is 24.1 Å². The van der Waals surface area contributed by atoms with Gasteiger partial charge in [0.05, 0.1) is 0 Å². The molecule has 2 N–H and O–H groups in total. The molecule has 0 amide bonds. The first-order chi connectivity index (χ1) is 13.4. The molecule has 0 aromatic heterocycles. The minimum Gasteiger partial charge on any atom is -0.508 e. The highest BCUT2D eigenvalue weighted by molar-refractivity contribution is 5.76. The van der Waals surface area contributed by atoms with Crippen molar-refractivity contribution in [3.05, 3.63) is 29.3 Å². The van der Waals surface area contributed by atoms with Gasteiger partial charge in [-0.15, -0.1) is 0 Å². The third-order valence-corrected chi connectivity index (χ3v) is 6.72. The number of phenolic OH excluding ortho intramolecular Hbond substituents is 1. The quantitative estimate of drug-likeness (QED) is 0.662. The van der Waals surface area contributed by atoms with Gasteiger partial charge in [0.1, 0.15) is 5.75 Å². The van der Waals surface area contributed by atoms with Crippen LogP contribution in [0.15, 0.2) is 18.2 Å². The van der Waals surface area contributed by atoms with Gasteiger partial charge in [0.15, 0.2) is 0 Å². The van der Waals surface area contributed by atoms with E-state index in [9.17, 15) is 31.9 Å². The van der Waals surface area contributed by atoms with E-state index >= 15 is 0 Å². The van der Waals surface area contributed by atoms with E-state index in [0.29, 0.717) is 11.2 Å². The Morgan fingerprint density at radius 1 is 1.17 bits per heavy atom. The Morgan fingerprint density at radius 3 is 2.45 bits per heavy atom. The molecule has 1 aromatic rings. The molecule has 162 valence electrons. The second-order valence-electron chi connectivity index (χ2n) is 8.23. The van der Waals surface area contributed by atoms with Crippen LogP contribution in [0.25, 0.3) is 0 Å². The molecule has 3 aliphatic rings. The fraction of sp³-hybridized carbons (Fsp3) is 0.650. The van der Waals surface area contributed by atoms with Crippen LogP contribution < -0.4 is 0 Å². The predicted octanol–water partition coefficient (Wildman–Crippen LogP) is 4.35. The van der Waals surface area contributed by atoms with Crippen molar-refractivity contribution in [1.82, 2.24) is 4.90 Å². The maximum Gasteiger partial charge on any atom is 0.465 e. The summed E-state index contributed by atoms with van der Waals surface area (Å²) in [5.74, 6) is -7.57. The van der Waals surface area contributed by atoms with Crippen molar-refractivity contribution in [2.24, 2.45) is 5.92 Å². The van der Waals surface area contributed by atoms with Crippen LogP contribution in [0.2, 0.25) is 0 Å². The van der Waals surface area contributed by atoms with Gasteiger partial charge in [-0.3, -0.25) is 0 Å². The molecule has 1 heterocycles. The Labute approximate surface area is 165 Å². The molecule has 1 aliphatic heterocycles. The van der Waals surface area contributed by atoms with Gasteiger partial charge in [-0.1, -0.05) is 18.9 Å². The monoisotopic (exact) mass is 421 g/mol. The maximum absolute atomic E-state index is 11.3. The lowest BCUT2D eigenvalue weighted by Crippen LogP contribution is -2.59. The van der Waals surface area contributed by atoms with Gasteiger partial charge in [-0.05, 0) is 68.5 Å². The Balaban J connectivity index is 0.000000207. The van der Waals surface area contributed by atoms with E-state index < -0.39 is 18.1 Å². The molecule has 2 bridgehead atoms. The summed E-state index contributed by atoms with van der Waals surface area (Å²) in [4.78, 5) is 11.8. The van der Waals surface area contributed by atoms with E-state index in [0.717, 1.165) is 12.0 Å². The van der Waals surface area contributed by atoms with Gasteiger partial charge < -0.3 is 15.1 Å². The number of phenols is 1. The fourth-order valence-electron chi connectivity index (χ4n) is 5.31. The van der Waals surface area contributed by atoms with Crippen molar-refractivity contribution in [3.8, 4) is 5.75 Å². The zero-order valence-electron chi connectivity index (χ0n) is 16.0.